The zero-order valence-electron chi connectivity index (χ0n) is 13.5. The van der Waals surface area contributed by atoms with Crippen LogP contribution in [0.15, 0.2) is 53.3 Å². The minimum atomic E-state index is -0.236. The molecular weight excluding hydrogens is 302 g/mol. The molecule has 0 aliphatic heterocycles. The average molecular weight is 321 g/mol. The molecule has 0 spiro atoms. The van der Waals surface area contributed by atoms with E-state index in [0.29, 0.717) is 24.2 Å². The first kappa shape index (κ1) is 15.9. The number of hydrogen-bond donors (Lipinski definition) is 2. The molecule has 0 radical (unpaired) electrons. The molecule has 3 aromatic rings. The van der Waals surface area contributed by atoms with Crippen molar-refractivity contribution in [1.29, 1.82) is 0 Å². The van der Waals surface area contributed by atoms with Crippen LogP contribution in [0.1, 0.15) is 23.2 Å². The highest BCUT2D eigenvalue weighted by molar-refractivity contribution is 5.76. The third kappa shape index (κ3) is 3.87. The Balaban J connectivity index is 1.60. The first-order valence-corrected chi connectivity index (χ1v) is 7.92. The number of aromatic amines is 1. The number of amides is 1. The smallest absolute Gasteiger partial charge is 0.270 e. The molecular formula is C19H19N3O2. The monoisotopic (exact) mass is 321 g/mol. The van der Waals surface area contributed by atoms with E-state index in [2.05, 4.69) is 15.3 Å². The molecule has 0 fully saturated rings. The van der Waals surface area contributed by atoms with Crippen LogP contribution in [0.3, 0.4) is 0 Å². The molecule has 1 aromatic heterocycles. The number of hydrogen-bond acceptors (Lipinski definition) is 3. The zero-order chi connectivity index (χ0) is 16.9. The van der Waals surface area contributed by atoms with Gasteiger partial charge in [-0.3, -0.25) is 9.59 Å². The molecule has 0 saturated carbocycles. The van der Waals surface area contributed by atoms with Crippen molar-refractivity contribution in [1.82, 2.24) is 15.3 Å². The Kier molecular flexibility index (Phi) is 4.70. The number of carbonyl (C=O) groups is 1. The highest BCUT2D eigenvalue weighted by Gasteiger charge is 2.08. The van der Waals surface area contributed by atoms with Gasteiger partial charge in [-0.2, -0.15) is 0 Å². The second-order valence-electron chi connectivity index (χ2n) is 5.80. The maximum Gasteiger partial charge on any atom is 0.270 e. The van der Waals surface area contributed by atoms with Crippen molar-refractivity contribution in [2.24, 2.45) is 0 Å². The predicted molar refractivity (Wildman–Crippen MR) is 93.7 cm³/mol. The third-order valence-corrected chi connectivity index (χ3v) is 3.83. The minimum Gasteiger partial charge on any atom is -0.352 e. The number of benzene rings is 2. The Bertz CT molecular complexity index is 931. The maximum atomic E-state index is 12.0. The van der Waals surface area contributed by atoms with Crippen molar-refractivity contribution in [3.8, 4) is 0 Å². The van der Waals surface area contributed by atoms with E-state index >= 15 is 0 Å². The van der Waals surface area contributed by atoms with Crippen molar-refractivity contribution in [2.75, 3.05) is 0 Å². The van der Waals surface area contributed by atoms with Crippen LogP contribution < -0.4 is 10.9 Å². The topological polar surface area (TPSA) is 74.8 Å². The van der Waals surface area contributed by atoms with Crippen LogP contribution in [0.25, 0.3) is 11.0 Å². The number of fused-ring (bicyclic) bond motifs is 1. The number of rotatable bonds is 5. The third-order valence-electron chi connectivity index (χ3n) is 3.83. The van der Waals surface area contributed by atoms with E-state index in [1.54, 1.807) is 0 Å². The van der Waals surface area contributed by atoms with Crippen LogP contribution >= 0.6 is 0 Å². The summed E-state index contributed by atoms with van der Waals surface area (Å²) in [5.41, 5.74) is 3.81. The fourth-order valence-electron chi connectivity index (χ4n) is 2.58. The normalized spacial score (nSPS) is 10.7. The fraction of sp³-hybridized carbons (Fsp3) is 0.211. The summed E-state index contributed by atoms with van der Waals surface area (Å²) in [7, 11) is 0. The largest absolute Gasteiger partial charge is 0.352 e. The molecule has 1 amide bonds. The van der Waals surface area contributed by atoms with Crippen molar-refractivity contribution < 1.29 is 4.79 Å². The average Bonchev–Trinajstić information content (AvgIpc) is 2.58. The number of aromatic nitrogens is 2. The lowest BCUT2D eigenvalue weighted by Gasteiger charge is -2.06. The molecule has 2 N–H and O–H groups in total. The molecule has 0 aliphatic rings. The summed E-state index contributed by atoms with van der Waals surface area (Å²) in [6, 6.07) is 15.4. The van der Waals surface area contributed by atoms with Crippen LogP contribution in [-0.4, -0.2) is 15.9 Å². The van der Waals surface area contributed by atoms with E-state index in [9.17, 15) is 9.59 Å². The van der Waals surface area contributed by atoms with Gasteiger partial charge in [-0.05, 0) is 24.6 Å². The Morgan fingerprint density at radius 2 is 2.00 bits per heavy atom. The van der Waals surface area contributed by atoms with Gasteiger partial charge in [-0.15, -0.1) is 0 Å². The Hall–Kier alpha value is -2.95. The predicted octanol–water partition coefficient (Wildman–Crippen LogP) is 2.48. The molecule has 5 nitrogen and oxygen atoms in total. The van der Waals surface area contributed by atoms with Crippen molar-refractivity contribution in [3.05, 3.63) is 75.7 Å². The highest BCUT2D eigenvalue weighted by Crippen LogP contribution is 2.07. The van der Waals surface area contributed by atoms with Crippen LogP contribution in [0, 0.1) is 6.92 Å². The second kappa shape index (κ2) is 7.08. The van der Waals surface area contributed by atoms with Crippen molar-refractivity contribution in [2.45, 2.75) is 26.3 Å². The van der Waals surface area contributed by atoms with Crippen LogP contribution in [0.4, 0.5) is 0 Å². The first-order chi connectivity index (χ1) is 11.6. The fourth-order valence-corrected chi connectivity index (χ4v) is 2.58. The number of aryl methyl sites for hydroxylation is 2. The quantitative estimate of drug-likeness (QED) is 0.758. The molecule has 0 atom stereocenters. The van der Waals surface area contributed by atoms with Crippen LogP contribution in [0.5, 0.6) is 0 Å². The van der Waals surface area contributed by atoms with E-state index in [0.717, 1.165) is 16.6 Å². The van der Waals surface area contributed by atoms with Crippen molar-refractivity contribution in [3.63, 3.8) is 0 Å². The van der Waals surface area contributed by atoms with E-state index in [1.807, 2.05) is 55.5 Å². The minimum absolute atomic E-state index is 0.0918. The lowest BCUT2D eigenvalue weighted by Crippen LogP contribution is -2.24. The van der Waals surface area contributed by atoms with Gasteiger partial charge in [-0.25, -0.2) is 4.98 Å². The maximum absolute atomic E-state index is 12.0. The van der Waals surface area contributed by atoms with Gasteiger partial charge in [0.05, 0.1) is 11.0 Å². The Labute approximate surface area is 139 Å². The standard InChI is InChI=1S/C19H19N3O2/c1-13-5-4-6-14(11-13)12-20-18(23)10-9-17-19(24)22-16-8-3-2-7-15(16)21-17/h2-8,11H,9-10,12H2,1H3,(H,20,23)(H,22,24). The summed E-state index contributed by atoms with van der Waals surface area (Å²) in [5.74, 6) is -0.0918. The number of nitrogens with zero attached hydrogens (tertiary/aromatic N) is 1. The molecule has 0 unspecified atom stereocenters. The lowest BCUT2D eigenvalue weighted by molar-refractivity contribution is -0.121. The summed E-state index contributed by atoms with van der Waals surface area (Å²) < 4.78 is 0. The van der Waals surface area contributed by atoms with Crippen LogP contribution in [-0.2, 0) is 17.8 Å². The molecule has 122 valence electrons. The number of carbonyl (C=O) groups excluding carboxylic acids is 1. The van der Waals surface area contributed by atoms with E-state index in [1.165, 1.54) is 0 Å². The molecule has 24 heavy (non-hydrogen) atoms. The van der Waals surface area contributed by atoms with Gasteiger partial charge in [-0.1, -0.05) is 42.0 Å². The van der Waals surface area contributed by atoms with Gasteiger partial charge < -0.3 is 10.3 Å². The number of H-pyrrole nitrogens is 1. The number of nitrogens with one attached hydrogen (secondary N) is 2. The van der Waals surface area contributed by atoms with Gasteiger partial charge in [0.1, 0.15) is 5.69 Å². The molecule has 0 bridgehead atoms. The van der Waals surface area contributed by atoms with Crippen LogP contribution in [0.2, 0.25) is 0 Å². The van der Waals surface area contributed by atoms with Gasteiger partial charge >= 0.3 is 0 Å². The first-order valence-electron chi connectivity index (χ1n) is 7.92. The lowest BCUT2D eigenvalue weighted by atomic mass is 10.1. The highest BCUT2D eigenvalue weighted by atomic mass is 16.1. The molecule has 0 saturated heterocycles. The molecule has 2 aromatic carbocycles. The molecule has 0 aliphatic carbocycles. The summed E-state index contributed by atoms with van der Waals surface area (Å²) >= 11 is 0. The van der Waals surface area contributed by atoms with Gasteiger partial charge in [0.25, 0.3) is 5.56 Å². The second-order valence-corrected chi connectivity index (χ2v) is 5.80. The Morgan fingerprint density at radius 1 is 1.17 bits per heavy atom. The molecule has 5 heteroatoms. The number of para-hydroxylation sites is 2. The Morgan fingerprint density at radius 3 is 2.83 bits per heavy atom. The summed E-state index contributed by atoms with van der Waals surface area (Å²) in [4.78, 5) is 31.2. The van der Waals surface area contributed by atoms with E-state index in [-0.39, 0.29) is 17.9 Å². The summed E-state index contributed by atoms with van der Waals surface area (Å²) in [6.07, 6.45) is 0.556. The van der Waals surface area contributed by atoms with Crippen molar-refractivity contribution >= 4 is 16.9 Å². The molecule has 1 heterocycles. The SMILES string of the molecule is Cc1cccc(CNC(=O)CCc2nc3ccccc3[nH]c2=O)c1. The zero-order valence-corrected chi connectivity index (χ0v) is 13.5. The summed E-state index contributed by atoms with van der Waals surface area (Å²) in [5, 5.41) is 2.87. The molecule has 3 rings (SSSR count). The van der Waals surface area contributed by atoms with Gasteiger partial charge in [0.2, 0.25) is 5.91 Å². The van der Waals surface area contributed by atoms with E-state index in [4.69, 9.17) is 0 Å². The van der Waals surface area contributed by atoms with Gasteiger partial charge in [0, 0.05) is 19.4 Å². The van der Waals surface area contributed by atoms with E-state index < -0.39 is 0 Å². The van der Waals surface area contributed by atoms with Gasteiger partial charge in [0.15, 0.2) is 0 Å². The summed E-state index contributed by atoms with van der Waals surface area (Å²) in [6.45, 7) is 2.50.